The van der Waals surface area contributed by atoms with Crippen molar-refractivity contribution in [2.24, 2.45) is 0 Å². The minimum Gasteiger partial charge on any atom is -0.482 e. The van der Waals surface area contributed by atoms with Crippen molar-refractivity contribution in [1.82, 2.24) is 0 Å². The Morgan fingerprint density at radius 3 is 2.79 bits per heavy atom. The Labute approximate surface area is 114 Å². The molecule has 4 nitrogen and oxygen atoms in total. The summed E-state index contributed by atoms with van der Waals surface area (Å²) in [5.41, 5.74) is 1.69. The number of ether oxygens (including phenoxy) is 2. The van der Waals surface area contributed by atoms with Crippen molar-refractivity contribution in [1.29, 1.82) is 0 Å². The second-order valence-electron chi connectivity index (χ2n) is 4.58. The number of aliphatic hydroxyl groups excluding tert-OH is 1. The Hall–Kier alpha value is -1.55. The first-order valence-corrected chi connectivity index (χ1v) is 6.61. The molecule has 4 heteroatoms. The highest BCUT2D eigenvalue weighted by Gasteiger charge is 2.11. The molecule has 1 aromatic carbocycles. The van der Waals surface area contributed by atoms with E-state index in [1.807, 2.05) is 19.9 Å². The zero-order valence-electron chi connectivity index (χ0n) is 11.8. The molecule has 106 valence electrons. The fraction of sp³-hybridized carbons (Fsp3) is 0.533. The summed E-state index contributed by atoms with van der Waals surface area (Å²) in [6.07, 6.45) is 1.21. The highest BCUT2D eigenvalue weighted by atomic mass is 16.6. The maximum absolute atomic E-state index is 11.4. The highest BCUT2D eigenvalue weighted by molar-refractivity contribution is 5.71. The highest BCUT2D eigenvalue weighted by Crippen LogP contribution is 2.26. The van der Waals surface area contributed by atoms with Crippen molar-refractivity contribution in [3.63, 3.8) is 0 Å². The van der Waals surface area contributed by atoms with E-state index in [4.69, 9.17) is 9.47 Å². The molecule has 1 N–H and O–H groups in total. The lowest BCUT2D eigenvalue weighted by molar-refractivity contribution is -0.146. The van der Waals surface area contributed by atoms with Gasteiger partial charge in [-0.25, -0.2) is 4.79 Å². The number of aryl methyl sites for hydroxylation is 1. The average molecular weight is 266 g/mol. The van der Waals surface area contributed by atoms with E-state index in [0.29, 0.717) is 17.9 Å². The Balaban J connectivity index is 2.56. The van der Waals surface area contributed by atoms with E-state index in [-0.39, 0.29) is 12.6 Å². The molecule has 0 aromatic heterocycles. The van der Waals surface area contributed by atoms with Gasteiger partial charge in [0, 0.05) is 5.56 Å². The van der Waals surface area contributed by atoms with Crippen LogP contribution in [-0.2, 0) is 9.53 Å². The smallest absolute Gasteiger partial charge is 0.344 e. The third-order valence-corrected chi connectivity index (χ3v) is 2.73. The summed E-state index contributed by atoms with van der Waals surface area (Å²) >= 11 is 0. The van der Waals surface area contributed by atoms with Crippen LogP contribution in [0.4, 0.5) is 0 Å². The molecule has 0 saturated carbocycles. The van der Waals surface area contributed by atoms with Crippen LogP contribution in [0.5, 0.6) is 5.75 Å². The second-order valence-corrected chi connectivity index (χ2v) is 4.58. The van der Waals surface area contributed by atoms with Crippen molar-refractivity contribution in [2.75, 3.05) is 13.2 Å². The topological polar surface area (TPSA) is 55.8 Å². The third-order valence-electron chi connectivity index (χ3n) is 2.73. The molecule has 19 heavy (non-hydrogen) atoms. The number of hydrogen-bond acceptors (Lipinski definition) is 4. The zero-order chi connectivity index (χ0) is 14.3. The molecule has 0 saturated heterocycles. The van der Waals surface area contributed by atoms with Crippen LogP contribution >= 0.6 is 0 Å². The van der Waals surface area contributed by atoms with Crippen molar-refractivity contribution in [3.8, 4) is 5.75 Å². The molecular weight excluding hydrogens is 244 g/mol. The van der Waals surface area contributed by atoms with Crippen molar-refractivity contribution in [3.05, 3.63) is 29.3 Å². The van der Waals surface area contributed by atoms with E-state index in [9.17, 15) is 9.90 Å². The Morgan fingerprint density at radius 2 is 2.16 bits per heavy atom. The predicted molar refractivity (Wildman–Crippen MR) is 73.2 cm³/mol. The maximum Gasteiger partial charge on any atom is 0.344 e. The second kappa shape index (κ2) is 7.79. The van der Waals surface area contributed by atoms with Gasteiger partial charge in [0.15, 0.2) is 6.61 Å². The minimum atomic E-state index is -0.633. The molecule has 0 heterocycles. The quantitative estimate of drug-likeness (QED) is 0.609. The lowest BCUT2D eigenvalue weighted by Gasteiger charge is -2.13. The van der Waals surface area contributed by atoms with Gasteiger partial charge < -0.3 is 14.6 Å². The van der Waals surface area contributed by atoms with Gasteiger partial charge in [0.25, 0.3) is 0 Å². The standard InChI is InChI=1S/C15H22O4/c1-4-5-8-18-15(17)10-19-14-9-11(2)6-7-13(14)12(3)16/h6-7,9,12,16H,4-5,8,10H2,1-3H3/t12-/m0/s1. The zero-order valence-corrected chi connectivity index (χ0v) is 11.8. The molecular formula is C15H22O4. The van der Waals surface area contributed by atoms with Gasteiger partial charge in [0.05, 0.1) is 12.7 Å². The first-order chi connectivity index (χ1) is 9.04. The van der Waals surface area contributed by atoms with Gasteiger partial charge in [-0.05, 0) is 31.9 Å². The summed E-state index contributed by atoms with van der Waals surface area (Å²) < 4.78 is 10.4. The Bertz CT molecular complexity index is 413. The van der Waals surface area contributed by atoms with E-state index in [1.165, 1.54) is 0 Å². The van der Waals surface area contributed by atoms with E-state index in [2.05, 4.69) is 0 Å². The first-order valence-electron chi connectivity index (χ1n) is 6.61. The number of esters is 1. The van der Waals surface area contributed by atoms with Gasteiger partial charge in [0.2, 0.25) is 0 Å². The molecule has 1 atom stereocenters. The number of carbonyl (C=O) groups excluding carboxylic acids is 1. The molecule has 0 spiro atoms. The predicted octanol–water partition coefficient (Wildman–Crippen LogP) is 2.77. The van der Waals surface area contributed by atoms with Crippen LogP contribution in [0.15, 0.2) is 18.2 Å². The van der Waals surface area contributed by atoms with Crippen LogP contribution in [-0.4, -0.2) is 24.3 Å². The molecule has 1 rings (SSSR count). The summed E-state index contributed by atoms with van der Waals surface area (Å²) in [6, 6.07) is 5.51. The van der Waals surface area contributed by atoms with Crippen molar-refractivity contribution in [2.45, 2.75) is 39.7 Å². The molecule has 1 aromatic rings. The summed E-state index contributed by atoms with van der Waals surface area (Å²) in [7, 11) is 0. The van der Waals surface area contributed by atoms with E-state index >= 15 is 0 Å². The lowest BCUT2D eigenvalue weighted by Crippen LogP contribution is -2.16. The largest absolute Gasteiger partial charge is 0.482 e. The number of carbonyl (C=O) groups is 1. The van der Waals surface area contributed by atoms with Crippen LogP contribution < -0.4 is 4.74 Å². The van der Waals surface area contributed by atoms with E-state index in [0.717, 1.165) is 18.4 Å². The van der Waals surface area contributed by atoms with Crippen LogP contribution in [0, 0.1) is 6.92 Å². The number of unbranched alkanes of at least 4 members (excludes halogenated alkanes) is 1. The Morgan fingerprint density at radius 1 is 1.42 bits per heavy atom. The fourth-order valence-corrected chi connectivity index (χ4v) is 1.62. The molecule has 0 radical (unpaired) electrons. The molecule has 0 bridgehead atoms. The van der Waals surface area contributed by atoms with Gasteiger partial charge in [-0.2, -0.15) is 0 Å². The summed E-state index contributed by atoms with van der Waals surface area (Å²) in [4.78, 5) is 11.4. The molecule has 0 amide bonds. The minimum absolute atomic E-state index is 0.132. The van der Waals surface area contributed by atoms with Crippen LogP contribution in [0.1, 0.15) is 43.9 Å². The first kappa shape index (κ1) is 15.5. The summed E-state index contributed by atoms with van der Waals surface area (Å²) in [5.74, 6) is 0.147. The van der Waals surface area contributed by atoms with Gasteiger partial charge in [-0.15, -0.1) is 0 Å². The number of aliphatic hydroxyl groups is 1. The Kier molecular flexibility index (Phi) is 6.36. The van der Waals surface area contributed by atoms with Gasteiger partial charge >= 0.3 is 5.97 Å². The fourth-order valence-electron chi connectivity index (χ4n) is 1.62. The van der Waals surface area contributed by atoms with Crippen LogP contribution in [0.3, 0.4) is 0 Å². The van der Waals surface area contributed by atoms with Crippen molar-refractivity contribution >= 4 is 5.97 Å². The van der Waals surface area contributed by atoms with Gasteiger partial charge in [-0.1, -0.05) is 25.5 Å². The molecule has 0 aliphatic heterocycles. The number of hydrogen-bond donors (Lipinski definition) is 1. The normalized spacial score (nSPS) is 12.0. The van der Waals surface area contributed by atoms with Crippen LogP contribution in [0.25, 0.3) is 0 Å². The van der Waals surface area contributed by atoms with E-state index < -0.39 is 6.10 Å². The third kappa shape index (κ3) is 5.30. The monoisotopic (exact) mass is 266 g/mol. The number of benzene rings is 1. The molecule has 0 unspecified atom stereocenters. The molecule has 0 fully saturated rings. The SMILES string of the molecule is CCCCOC(=O)COc1cc(C)ccc1[C@H](C)O. The van der Waals surface area contributed by atoms with Crippen LogP contribution in [0.2, 0.25) is 0 Å². The lowest BCUT2D eigenvalue weighted by atomic mass is 10.1. The maximum atomic E-state index is 11.4. The van der Waals surface area contributed by atoms with Crippen molar-refractivity contribution < 1.29 is 19.4 Å². The van der Waals surface area contributed by atoms with Gasteiger partial charge in [-0.3, -0.25) is 0 Å². The summed E-state index contributed by atoms with van der Waals surface area (Å²) in [5, 5.41) is 9.64. The average Bonchev–Trinajstić information content (AvgIpc) is 2.36. The van der Waals surface area contributed by atoms with Gasteiger partial charge in [0.1, 0.15) is 5.75 Å². The molecule has 0 aliphatic rings. The number of rotatable bonds is 7. The van der Waals surface area contributed by atoms with E-state index in [1.54, 1.807) is 19.1 Å². The molecule has 0 aliphatic carbocycles. The summed E-state index contributed by atoms with van der Waals surface area (Å²) in [6.45, 7) is 5.92.